The average Bonchev–Trinajstić information content (AvgIpc) is 2.50. The maximum atomic E-state index is 13.4. The van der Waals surface area contributed by atoms with Gasteiger partial charge in [-0.05, 0) is 38.2 Å². The van der Waals surface area contributed by atoms with Gasteiger partial charge >= 0.3 is 0 Å². The molecule has 140 valence electrons. The fourth-order valence-electron chi connectivity index (χ4n) is 2.33. The summed E-state index contributed by atoms with van der Waals surface area (Å²) in [6.45, 7) is 6.43. The molecule has 2 N–H and O–H groups in total. The van der Waals surface area contributed by atoms with E-state index < -0.39 is 5.41 Å². The fourth-order valence-corrected chi connectivity index (χ4v) is 2.33. The maximum absolute atomic E-state index is 13.4. The summed E-state index contributed by atoms with van der Waals surface area (Å²) in [6, 6.07) is 6.31. The molecule has 0 aliphatic heterocycles. The van der Waals surface area contributed by atoms with Crippen molar-refractivity contribution in [2.24, 2.45) is 5.41 Å². The normalized spacial score (nSPS) is 12.8. The second-order valence-corrected chi connectivity index (χ2v) is 7.45. The molecule has 1 aromatic carbocycles. The number of hydrogen-bond donors (Lipinski definition) is 2. The number of likely N-dealkylation sites (N-methyl/N-ethyl adjacent to an activating group) is 1. The zero-order chi connectivity index (χ0) is 19.0. The van der Waals surface area contributed by atoms with Gasteiger partial charge in [0.1, 0.15) is 5.82 Å². The summed E-state index contributed by atoms with van der Waals surface area (Å²) in [7, 11) is 3.79. The van der Waals surface area contributed by atoms with Crippen LogP contribution in [0.5, 0.6) is 0 Å². The van der Waals surface area contributed by atoms with Gasteiger partial charge in [-0.3, -0.25) is 9.59 Å². The van der Waals surface area contributed by atoms with Crippen LogP contribution in [0, 0.1) is 11.2 Å². The largest absolute Gasteiger partial charge is 0.356 e. The third-order valence-electron chi connectivity index (χ3n) is 3.90. The highest BCUT2D eigenvalue weighted by Crippen LogP contribution is 2.18. The predicted molar refractivity (Wildman–Crippen MR) is 97.5 cm³/mol. The molecule has 5 nitrogen and oxygen atoms in total. The average molecular weight is 351 g/mol. The van der Waals surface area contributed by atoms with Gasteiger partial charge < -0.3 is 15.5 Å². The molecule has 0 radical (unpaired) electrons. The number of nitrogens with zero attached hydrogens (tertiary/aromatic N) is 1. The first-order valence-electron chi connectivity index (χ1n) is 8.58. The van der Waals surface area contributed by atoms with E-state index in [2.05, 4.69) is 10.6 Å². The van der Waals surface area contributed by atoms with Crippen LogP contribution in [0.25, 0.3) is 0 Å². The van der Waals surface area contributed by atoms with Crippen LogP contribution in [0.2, 0.25) is 0 Å². The Hall–Kier alpha value is -1.95. The minimum atomic E-state index is -0.424. The minimum absolute atomic E-state index is 0.0216. The van der Waals surface area contributed by atoms with Crippen LogP contribution in [0.15, 0.2) is 24.3 Å². The lowest BCUT2D eigenvalue weighted by Gasteiger charge is -2.25. The zero-order valence-corrected chi connectivity index (χ0v) is 15.9. The van der Waals surface area contributed by atoms with E-state index in [1.807, 2.05) is 45.8 Å². The van der Waals surface area contributed by atoms with Gasteiger partial charge in [0.2, 0.25) is 11.8 Å². The van der Waals surface area contributed by atoms with Gasteiger partial charge in [-0.15, -0.1) is 0 Å². The van der Waals surface area contributed by atoms with Crippen LogP contribution in [0.1, 0.15) is 45.2 Å². The van der Waals surface area contributed by atoms with Crippen LogP contribution in [0.4, 0.5) is 4.39 Å². The highest BCUT2D eigenvalue weighted by atomic mass is 19.1. The Balaban J connectivity index is 2.40. The minimum Gasteiger partial charge on any atom is -0.356 e. The van der Waals surface area contributed by atoms with E-state index in [1.165, 1.54) is 12.1 Å². The summed E-state index contributed by atoms with van der Waals surface area (Å²) < 4.78 is 13.4. The monoisotopic (exact) mass is 351 g/mol. The van der Waals surface area contributed by atoms with E-state index >= 15 is 0 Å². The lowest BCUT2D eigenvalue weighted by Crippen LogP contribution is -2.36. The smallest absolute Gasteiger partial charge is 0.225 e. The summed E-state index contributed by atoms with van der Waals surface area (Å²) in [5.74, 6) is -0.384. The lowest BCUT2D eigenvalue weighted by atomic mass is 9.96. The molecule has 0 saturated carbocycles. The third-order valence-corrected chi connectivity index (χ3v) is 3.90. The first-order valence-corrected chi connectivity index (χ1v) is 8.58. The van der Waals surface area contributed by atoms with Crippen molar-refractivity contribution in [3.63, 3.8) is 0 Å². The van der Waals surface area contributed by atoms with Crippen molar-refractivity contribution in [1.82, 2.24) is 15.5 Å². The van der Waals surface area contributed by atoms with Crippen LogP contribution in [-0.4, -0.2) is 43.9 Å². The summed E-state index contributed by atoms with van der Waals surface area (Å²) in [5, 5.41) is 5.71. The standard InChI is InChI=1S/C19H30FN3O2/c1-19(2,3)18(25)21-11-7-10-17(24)22-13-16(23(4)5)14-8-6-9-15(20)12-14/h6,8-9,12,16H,7,10-11,13H2,1-5H3,(H,21,25)(H,22,24). The molecule has 0 saturated heterocycles. The molecule has 2 amide bonds. The van der Waals surface area contributed by atoms with Crippen molar-refractivity contribution >= 4 is 11.8 Å². The van der Waals surface area contributed by atoms with Gasteiger partial charge in [0.15, 0.2) is 0 Å². The second kappa shape index (κ2) is 9.51. The Bertz CT molecular complexity index is 582. The van der Waals surface area contributed by atoms with E-state index in [0.29, 0.717) is 25.9 Å². The number of nitrogens with one attached hydrogen (secondary N) is 2. The number of carbonyl (C=O) groups excluding carboxylic acids is 2. The van der Waals surface area contributed by atoms with Crippen molar-refractivity contribution in [3.05, 3.63) is 35.6 Å². The van der Waals surface area contributed by atoms with Gasteiger partial charge in [0, 0.05) is 24.9 Å². The predicted octanol–water partition coefficient (Wildman–Crippen LogP) is 2.49. The van der Waals surface area contributed by atoms with Gasteiger partial charge in [-0.2, -0.15) is 0 Å². The van der Waals surface area contributed by atoms with Gasteiger partial charge in [0.05, 0.1) is 6.04 Å². The molecular formula is C19H30FN3O2. The molecule has 1 unspecified atom stereocenters. The van der Waals surface area contributed by atoms with Gasteiger partial charge in [0.25, 0.3) is 0 Å². The second-order valence-electron chi connectivity index (χ2n) is 7.45. The number of benzene rings is 1. The van der Waals surface area contributed by atoms with E-state index in [9.17, 15) is 14.0 Å². The Morgan fingerprint density at radius 1 is 1.20 bits per heavy atom. The van der Waals surface area contributed by atoms with Crippen LogP contribution in [-0.2, 0) is 9.59 Å². The number of rotatable bonds is 8. The van der Waals surface area contributed by atoms with E-state index in [1.54, 1.807) is 6.07 Å². The molecule has 0 fully saturated rings. The Kier molecular flexibility index (Phi) is 8.03. The van der Waals surface area contributed by atoms with E-state index in [4.69, 9.17) is 0 Å². The summed E-state index contributed by atoms with van der Waals surface area (Å²) in [4.78, 5) is 25.7. The highest BCUT2D eigenvalue weighted by Gasteiger charge is 2.20. The molecule has 0 aliphatic rings. The first-order chi connectivity index (χ1) is 11.6. The number of hydrogen-bond acceptors (Lipinski definition) is 3. The lowest BCUT2D eigenvalue weighted by molar-refractivity contribution is -0.128. The van der Waals surface area contributed by atoms with Crippen LogP contribution in [0.3, 0.4) is 0 Å². The molecule has 0 spiro atoms. The van der Waals surface area contributed by atoms with Gasteiger partial charge in [-0.1, -0.05) is 32.9 Å². The van der Waals surface area contributed by atoms with Crippen LogP contribution >= 0.6 is 0 Å². The van der Waals surface area contributed by atoms with Crippen molar-refractivity contribution in [3.8, 4) is 0 Å². The Labute approximate surface area is 150 Å². The van der Waals surface area contributed by atoms with Crippen molar-refractivity contribution in [2.75, 3.05) is 27.2 Å². The molecule has 1 atom stereocenters. The summed E-state index contributed by atoms with van der Waals surface area (Å²) in [6.07, 6.45) is 0.925. The summed E-state index contributed by atoms with van der Waals surface area (Å²) in [5.41, 5.74) is 0.398. The molecule has 0 aliphatic carbocycles. The number of amides is 2. The van der Waals surface area contributed by atoms with E-state index in [-0.39, 0.29) is 23.7 Å². The molecule has 25 heavy (non-hydrogen) atoms. The van der Waals surface area contributed by atoms with Gasteiger partial charge in [-0.25, -0.2) is 4.39 Å². The molecule has 0 heterocycles. The zero-order valence-electron chi connectivity index (χ0n) is 15.9. The van der Waals surface area contributed by atoms with E-state index in [0.717, 1.165) is 5.56 Å². The topological polar surface area (TPSA) is 61.4 Å². The van der Waals surface area contributed by atoms with Crippen molar-refractivity contribution in [2.45, 2.75) is 39.7 Å². The Morgan fingerprint density at radius 3 is 2.44 bits per heavy atom. The fraction of sp³-hybridized carbons (Fsp3) is 0.579. The SMILES string of the molecule is CN(C)C(CNC(=O)CCCNC(=O)C(C)(C)C)c1cccc(F)c1. The molecular weight excluding hydrogens is 321 g/mol. The molecule has 1 aromatic rings. The van der Waals surface area contributed by atoms with Crippen molar-refractivity contribution in [1.29, 1.82) is 0 Å². The third kappa shape index (κ3) is 7.65. The molecule has 1 rings (SSSR count). The number of halogens is 1. The quantitative estimate of drug-likeness (QED) is 0.708. The summed E-state index contributed by atoms with van der Waals surface area (Å²) >= 11 is 0. The molecule has 6 heteroatoms. The maximum Gasteiger partial charge on any atom is 0.225 e. The van der Waals surface area contributed by atoms with Crippen LogP contribution < -0.4 is 10.6 Å². The molecule has 0 aromatic heterocycles. The Morgan fingerprint density at radius 2 is 1.88 bits per heavy atom. The number of carbonyl (C=O) groups is 2. The first kappa shape index (κ1) is 21.1. The molecule has 0 bridgehead atoms. The highest BCUT2D eigenvalue weighted by molar-refractivity contribution is 5.81. The van der Waals surface area contributed by atoms with Crippen molar-refractivity contribution < 1.29 is 14.0 Å².